The number of rotatable bonds is 2. The maximum atomic E-state index is 5.35. The van der Waals surface area contributed by atoms with Crippen molar-refractivity contribution in [1.29, 1.82) is 0 Å². The minimum absolute atomic E-state index is 0.729. The van der Waals surface area contributed by atoms with Gasteiger partial charge in [-0.05, 0) is 25.1 Å². The van der Waals surface area contributed by atoms with E-state index in [9.17, 15) is 0 Å². The molecule has 2 rings (SSSR count). The summed E-state index contributed by atoms with van der Waals surface area (Å²) in [6.07, 6.45) is 2.50. The first-order valence-corrected chi connectivity index (χ1v) is 6.43. The van der Waals surface area contributed by atoms with Crippen LogP contribution in [0.4, 0.5) is 0 Å². The SMILES string of the molecule is CCCNC(=S)N1CC2CC1CS2. The van der Waals surface area contributed by atoms with Gasteiger partial charge >= 0.3 is 0 Å². The van der Waals surface area contributed by atoms with Crippen molar-refractivity contribution in [3.63, 3.8) is 0 Å². The van der Waals surface area contributed by atoms with Crippen LogP contribution in [0.2, 0.25) is 0 Å². The zero-order valence-electron chi connectivity index (χ0n) is 7.95. The van der Waals surface area contributed by atoms with Gasteiger partial charge in [0.15, 0.2) is 5.11 Å². The summed E-state index contributed by atoms with van der Waals surface area (Å²) in [7, 11) is 0. The average Bonchev–Trinajstić information content (AvgIpc) is 2.74. The Morgan fingerprint density at radius 3 is 3.08 bits per heavy atom. The van der Waals surface area contributed by atoms with Crippen molar-refractivity contribution in [2.45, 2.75) is 31.1 Å². The summed E-state index contributed by atoms with van der Waals surface area (Å²) in [6.45, 7) is 4.35. The highest BCUT2D eigenvalue weighted by molar-refractivity contribution is 8.00. The Bertz CT molecular complexity index is 208. The minimum atomic E-state index is 0.729. The molecule has 2 fully saturated rings. The molecule has 13 heavy (non-hydrogen) atoms. The molecule has 1 N–H and O–H groups in total. The van der Waals surface area contributed by atoms with Crippen LogP contribution in [0.15, 0.2) is 0 Å². The maximum absolute atomic E-state index is 5.35. The summed E-state index contributed by atoms with van der Waals surface area (Å²) in [5, 5.41) is 5.14. The molecular formula is C9H16N2S2. The van der Waals surface area contributed by atoms with Crippen molar-refractivity contribution < 1.29 is 0 Å². The van der Waals surface area contributed by atoms with E-state index in [0.29, 0.717) is 0 Å². The van der Waals surface area contributed by atoms with E-state index in [1.54, 1.807) is 0 Å². The Morgan fingerprint density at radius 2 is 2.54 bits per heavy atom. The van der Waals surface area contributed by atoms with Crippen molar-refractivity contribution >= 4 is 29.1 Å². The first kappa shape index (κ1) is 9.59. The van der Waals surface area contributed by atoms with Crippen LogP contribution < -0.4 is 5.32 Å². The molecule has 2 heterocycles. The van der Waals surface area contributed by atoms with Gasteiger partial charge < -0.3 is 10.2 Å². The van der Waals surface area contributed by atoms with Gasteiger partial charge in [-0.15, -0.1) is 0 Å². The van der Waals surface area contributed by atoms with Crippen LogP contribution in [0, 0.1) is 0 Å². The maximum Gasteiger partial charge on any atom is 0.169 e. The van der Waals surface area contributed by atoms with Crippen LogP contribution in [0.1, 0.15) is 19.8 Å². The highest BCUT2D eigenvalue weighted by atomic mass is 32.2. The Kier molecular flexibility index (Phi) is 2.99. The zero-order valence-corrected chi connectivity index (χ0v) is 9.59. The lowest BCUT2D eigenvalue weighted by Crippen LogP contribution is -2.45. The first-order valence-electron chi connectivity index (χ1n) is 4.97. The predicted octanol–water partition coefficient (Wildman–Crippen LogP) is 1.46. The van der Waals surface area contributed by atoms with E-state index in [1.165, 1.54) is 18.7 Å². The van der Waals surface area contributed by atoms with Gasteiger partial charge in [0.1, 0.15) is 0 Å². The molecule has 0 saturated carbocycles. The fourth-order valence-corrected chi connectivity index (χ4v) is 3.74. The highest BCUT2D eigenvalue weighted by Gasteiger charge is 2.39. The molecular weight excluding hydrogens is 200 g/mol. The van der Waals surface area contributed by atoms with E-state index >= 15 is 0 Å². The number of nitrogens with one attached hydrogen (secondary N) is 1. The molecule has 0 aliphatic carbocycles. The fraction of sp³-hybridized carbons (Fsp3) is 0.889. The van der Waals surface area contributed by atoms with E-state index < -0.39 is 0 Å². The van der Waals surface area contributed by atoms with Gasteiger partial charge in [-0.1, -0.05) is 6.92 Å². The van der Waals surface area contributed by atoms with Gasteiger partial charge in [0, 0.05) is 30.1 Å². The van der Waals surface area contributed by atoms with Crippen LogP contribution >= 0.6 is 24.0 Å². The van der Waals surface area contributed by atoms with Gasteiger partial charge in [-0.2, -0.15) is 11.8 Å². The van der Waals surface area contributed by atoms with Crippen LogP contribution in [0.25, 0.3) is 0 Å². The standard InChI is InChI=1S/C9H16N2S2/c1-2-3-10-9(12)11-5-8-4-7(11)6-13-8/h7-8H,2-6H2,1H3,(H,10,12). The Hall–Kier alpha value is 0.0400. The van der Waals surface area contributed by atoms with Gasteiger partial charge in [0.25, 0.3) is 0 Å². The second-order valence-corrected chi connectivity index (χ2v) is 5.45. The molecule has 2 aliphatic rings. The van der Waals surface area contributed by atoms with Crippen molar-refractivity contribution in [3.05, 3.63) is 0 Å². The summed E-state index contributed by atoms with van der Waals surface area (Å²) in [5.74, 6) is 1.28. The second kappa shape index (κ2) is 4.05. The largest absolute Gasteiger partial charge is 0.363 e. The lowest BCUT2D eigenvalue weighted by atomic mass is 10.2. The van der Waals surface area contributed by atoms with Crippen molar-refractivity contribution in [2.24, 2.45) is 0 Å². The highest BCUT2D eigenvalue weighted by Crippen LogP contribution is 2.37. The van der Waals surface area contributed by atoms with E-state index in [1.807, 2.05) is 0 Å². The smallest absolute Gasteiger partial charge is 0.169 e. The van der Waals surface area contributed by atoms with Crippen molar-refractivity contribution in [3.8, 4) is 0 Å². The summed E-state index contributed by atoms with van der Waals surface area (Å²) < 4.78 is 0. The zero-order chi connectivity index (χ0) is 9.26. The molecule has 2 bridgehead atoms. The summed E-state index contributed by atoms with van der Waals surface area (Å²) >= 11 is 7.46. The molecule has 2 unspecified atom stereocenters. The first-order chi connectivity index (χ1) is 6.31. The summed E-state index contributed by atoms with van der Waals surface area (Å²) in [4.78, 5) is 2.38. The lowest BCUT2D eigenvalue weighted by Gasteiger charge is -2.29. The van der Waals surface area contributed by atoms with Crippen LogP contribution in [-0.2, 0) is 0 Å². The molecule has 2 saturated heterocycles. The molecule has 0 aromatic heterocycles. The van der Waals surface area contributed by atoms with E-state index in [0.717, 1.165) is 29.4 Å². The summed E-state index contributed by atoms with van der Waals surface area (Å²) in [5.41, 5.74) is 0. The van der Waals surface area contributed by atoms with Crippen LogP contribution in [0.5, 0.6) is 0 Å². The number of nitrogens with zero attached hydrogens (tertiary/aromatic N) is 1. The van der Waals surface area contributed by atoms with Crippen molar-refractivity contribution in [2.75, 3.05) is 18.8 Å². The molecule has 0 spiro atoms. The van der Waals surface area contributed by atoms with Gasteiger partial charge in [0.2, 0.25) is 0 Å². The monoisotopic (exact) mass is 216 g/mol. The number of likely N-dealkylation sites (tertiary alicyclic amines) is 1. The minimum Gasteiger partial charge on any atom is -0.363 e. The fourth-order valence-electron chi connectivity index (χ4n) is 1.98. The Balaban J connectivity index is 1.84. The van der Waals surface area contributed by atoms with E-state index in [-0.39, 0.29) is 0 Å². The number of fused-ring (bicyclic) bond motifs is 2. The van der Waals surface area contributed by atoms with Crippen LogP contribution in [-0.4, -0.2) is 40.1 Å². The Labute approximate surface area is 89.4 Å². The van der Waals surface area contributed by atoms with Crippen LogP contribution in [0.3, 0.4) is 0 Å². The quantitative estimate of drug-likeness (QED) is 0.703. The van der Waals surface area contributed by atoms with E-state index in [2.05, 4.69) is 28.9 Å². The van der Waals surface area contributed by atoms with Gasteiger partial charge in [-0.3, -0.25) is 0 Å². The third-order valence-electron chi connectivity index (χ3n) is 2.69. The molecule has 74 valence electrons. The number of hydrogen-bond acceptors (Lipinski definition) is 2. The number of thiocarbonyl (C=S) groups is 1. The average molecular weight is 216 g/mol. The van der Waals surface area contributed by atoms with E-state index in [4.69, 9.17) is 12.2 Å². The van der Waals surface area contributed by atoms with Crippen molar-refractivity contribution in [1.82, 2.24) is 10.2 Å². The molecule has 0 aromatic rings. The Morgan fingerprint density at radius 1 is 1.69 bits per heavy atom. The van der Waals surface area contributed by atoms with Gasteiger partial charge in [-0.25, -0.2) is 0 Å². The molecule has 0 aromatic carbocycles. The molecule has 0 radical (unpaired) electrons. The second-order valence-electron chi connectivity index (χ2n) is 3.73. The topological polar surface area (TPSA) is 15.3 Å². The molecule has 2 aliphatic heterocycles. The molecule has 2 nitrogen and oxygen atoms in total. The molecule has 2 atom stereocenters. The third-order valence-corrected chi connectivity index (χ3v) is 4.46. The molecule has 0 amide bonds. The normalized spacial score (nSPS) is 31.0. The summed E-state index contributed by atoms with van der Waals surface area (Å²) in [6, 6.07) is 0.729. The lowest BCUT2D eigenvalue weighted by molar-refractivity contribution is 0.409. The predicted molar refractivity (Wildman–Crippen MR) is 62.2 cm³/mol. The molecule has 4 heteroatoms. The van der Waals surface area contributed by atoms with Gasteiger partial charge in [0.05, 0.1) is 0 Å². The third kappa shape index (κ3) is 1.94. The number of thioether (sulfide) groups is 1. The number of hydrogen-bond donors (Lipinski definition) is 1.